The Labute approximate surface area is 103 Å². The van der Waals surface area contributed by atoms with Gasteiger partial charge in [0.15, 0.2) is 0 Å². The smallest absolute Gasteiger partial charge is 0.415 e. The molecule has 0 spiro atoms. The number of halogens is 4. The van der Waals surface area contributed by atoms with E-state index in [1.54, 1.807) is 19.1 Å². The van der Waals surface area contributed by atoms with Crippen LogP contribution in [0.2, 0.25) is 5.02 Å². The van der Waals surface area contributed by atoms with E-state index in [-0.39, 0.29) is 5.76 Å². The van der Waals surface area contributed by atoms with Crippen molar-refractivity contribution in [1.82, 2.24) is 0 Å². The molecule has 1 aromatic carbocycles. The molecule has 94 valence electrons. The first-order valence-electron chi connectivity index (χ1n) is 4.90. The van der Waals surface area contributed by atoms with Gasteiger partial charge in [0, 0.05) is 5.02 Å². The number of benzene rings is 1. The summed E-state index contributed by atoms with van der Waals surface area (Å²) in [6, 6.07) is 4.80. The van der Waals surface area contributed by atoms with Gasteiger partial charge in [0.2, 0.25) is 0 Å². The molecular weight excluding hydrogens is 253 g/mol. The third kappa shape index (κ3) is 3.97. The highest BCUT2D eigenvalue weighted by atomic mass is 35.5. The highest BCUT2D eigenvalue weighted by Gasteiger charge is 2.32. The molecule has 0 bridgehead atoms. The zero-order chi connectivity index (χ0) is 13.2. The first kappa shape index (κ1) is 13.9. The second-order valence-corrected chi connectivity index (χ2v) is 4.18. The van der Waals surface area contributed by atoms with Gasteiger partial charge in [-0.25, -0.2) is 0 Å². The van der Waals surface area contributed by atoms with Crippen molar-refractivity contribution in [2.24, 2.45) is 0 Å². The summed E-state index contributed by atoms with van der Waals surface area (Å²) in [6.07, 6.45) is -4.38. The standard InChI is InChI=1S/C12H12ClF3O/c1-7-4-10(13)6-11(5-7)17-9(3)8(2)12(14,15)16/h4-6H,1-3H3. The lowest BCUT2D eigenvalue weighted by atomic mass is 10.2. The Morgan fingerprint density at radius 2 is 1.76 bits per heavy atom. The molecule has 0 heterocycles. The van der Waals surface area contributed by atoms with Crippen molar-refractivity contribution in [2.45, 2.75) is 26.9 Å². The van der Waals surface area contributed by atoms with Crippen LogP contribution >= 0.6 is 11.6 Å². The average Bonchev–Trinajstić information content (AvgIpc) is 2.13. The van der Waals surface area contributed by atoms with Crippen LogP contribution in [-0.2, 0) is 0 Å². The summed E-state index contributed by atoms with van der Waals surface area (Å²) in [5.74, 6) is 0.121. The molecule has 0 N–H and O–H groups in total. The van der Waals surface area contributed by atoms with Crippen molar-refractivity contribution in [3.8, 4) is 5.75 Å². The zero-order valence-corrected chi connectivity index (χ0v) is 10.4. The molecule has 0 amide bonds. The third-order valence-corrected chi connectivity index (χ3v) is 2.46. The first-order chi connectivity index (χ1) is 7.70. The number of rotatable bonds is 2. The van der Waals surface area contributed by atoms with E-state index < -0.39 is 11.7 Å². The van der Waals surface area contributed by atoms with Gasteiger partial charge in [-0.15, -0.1) is 0 Å². The predicted octanol–water partition coefficient (Wildman–Crippen LogP) is 4.88. The van der Waals surface area contributed by atoms with Crippen LogP contribution in [0.15, 0.2) is 29.5 Å². The summed E-state index contributed by atoms with van der Waals surface area (Å²) in [5, 5.41) is 0.428. The van der Waals surface area contributed by atoms with Crippen LogP contribution in [0.5, 0.6) is 5.75 Å². The lowest BCUT2D eigenvalue weighted by molar-refractivity contribution is -0.0937. The molecule has 0 unspecified atom stereocenters. The maximum Gasteiger partial charge on any atom is 0.415 e. The second-order valence-electron chi connectivity index (χ2n) is 3.75. The minimum absolute atomic E-state index is 0.181. The Morgan fingerprint density at radius 1 is 1.18 bits per heavy atom. The molecule has 0 atom stereocenters. The van der Waals surface area contributed by atoms with Crippen LogP contribution in [-0.4, -0.2) is 6.18 Å². The Kier molecular flexibility index (Phi) is 4.09. The van der Waals surface area contributed by atoms with Crippen molar-refractivity contribution in [2.75, 3.05) is 0 Å². The molecule has 1 aromatic rings. The normalized spacial score (nSPS) is 13.4. The summed E-state index contributed by atoms with van der Waals surface area (Å²) in [4.78, 5) is 0. The monoisotopic (exact) mass is 264 g/mol. The fourth-order valence-corrected chi connectivity index (χ4v) is 1.49. The van der Waals surface area contributed by atoms with Crippen molar-refractivity contribution < 1.29 is 17.9 Å². The van der Waals surface area contributed by atoms with E-state index in [0.717, 1.165) is 12.5 Å². The molecule has 0 radical (unpaired) electrons. The lowest BCUT2D eigenvalue weighted by Crippen LogP contribution is -2.13. The van der Waals surface area contributed by atoms with Crippen LogP contribution in [0.3, 0.4) is 0 Å². The summed E-state index contributed by atoms with van der Waals surface area (Å²) in [7, 11) is 0. The molecule has 0 fully saturated rings. The maximum absolute atomic E-state index is 12.4. The number of hydrogen-bond donors (Lipinski definition) is 0. The Bertz CT molecular complexity index is 429. The Morgan fingerprint density at radius 3 is 2.24 bits per heavy atom. The highest BCUT2D eigenvalue weighted by molar-refractivity contribution is 6.30. The summed E-state index contributed by atoms with van der Waals surface area (Å²) in [6.45, 7) is 4.04. The number of allylic oxidation sites excluding steroid dienone is 2. The fourth-order valence-electron chi connectivity index (χ4n) is 1.21. The van der Waals surface area contributed by atoms with Crippen LogP contribution < -0.4 is 4.74 Å². The van der Waals surface area contributed by atoms with Gasteiger partial charge < -0.3 is 4.74 Å². The zero-order valence-electron chi connectivity index (χ0n) is 9.65. The van der Waals surface area contributed by atoms with Gasteiger partial charge in [0.05, 0.1) is 5.57 Å². The predicted molar refractivity (Wildman–Crippen MR) is 61.2 cm³/mol. The van der Waals surface area contributed by atoms with Gasteiger partial charge in [-0.3, -0.25) is 0 Å². The van der Waals surface area contributed by atoms with E-state index >= 15 is 0 Å². The van der Waals surface area contributed by atoms with Crippen molar-refractivity contribution >= 4 is 11.6 Å². The van der Waals surface area contributed by atoms with Crippen molar-refractivity contribution in [1.29, 1.82) is 0 Å². The molecule has 5 heteroatoms. The Balaban J connectivity index is 2.99. The van der Waals surface area contributed by atoms with Crippen molar-refractivity contribution in [3.05, 3.63) is 40.1 Å². The molecule has 0 aliphatic heterocycles. The average molecular weight is 265 g/mol. The molecule has 0 saturated carbocycles. The minimum Gasteiger partial charge on any atom is -0.462 e. The van der Waals surface area contributed by atoms with Crippen LogP contribution in [0.1, 0.15) is 19.4 Å². The summed E-state index contributed by atoms with van der Waals surface area (Å²) >= 11 is 5.78. The molecule has 0 aliphatic rings. The molecule has 1 nitrogen and oxygen atoms in total. The number of aryl methyl sites for hydroxylation is 1. The van der Waals surface area contributed by atoms with Crippen LogP contribution in [0.4, 0.5) is 13.2 Å². The van der Waals surface area contributed by atoms with E-state index in [2.05, 4.69) is 0 Å². The Hall–Kier alpha value is -1.16. The van der Waals surface area contributed by atoms with E-state index in [1.165, 1.54) is 13.0 Å². The van der Waals surface area contributed by atoms with Gasteiger partial charge in [0.25, 0.3) is 0 Å². The summed E-state index contributed by atoms with van der Waals surface area (Å²) in [5.41, 5.74) is 0.0695. The van der Waals surface area contributed by atoms with Gasteiger partial charge in [-0.2, -0.15) is 13.2 Å². The molecule has 1 rings (SSSR count). The molecule has 0 aliphatic carbocycles. The second kappa shape index (κ2) is 5.00. The topological polar surface area (TPSA) is 9.23 Å². The van der Waals surface area contributed by atoms with Crippen molar-refractivity contribution in [3.63, 3.8) is 0 Å². The van der Waals surface area contributed by atoms with Crippen LogP contribution in [0, 0.1) is 6.92 Å². The van der Waals surface area contributed by atoms with Gasteiger partial charge in [-0.05, 0) is 44.5 Å². The van der Waals surface area contributed by atoms with Crippen LogP contribution in [0.25, 0.3) is 0 Å². The third-order valence-electron chi connectivity index (χ3n) is 2.24. The summed E-state index contributed by atoms with van der Waals surface area (Å²) < 4.78 is 42.3. The maximum atomic E-state index is 12.4. The number of hydrogen-bond acceptors (Lipinski definition) is 1. The molecule has 0 saturated heterocycles. The molecule has 17 heavy (non-hydrogen) atoms. The van der Waals surface area contributed by atoms with Gasteiger partial charge >= 0.3 is 6.18 Å². The SMILES string of the molecule is CC(Oc1cc(C)cc(Cl)c1)=C(C)C(F)(F)F. The number of ether oxygens (including phenoxy) is 1. The van der Waals surface area contributed by atoms with E-state index in [0.29, 0.717) is 10.8 Å². The molecular formula is C12H12ClF3O. The fraction of sp³-hybridized carbons (Fsp3) is 0.333. The quantitative estimate of drug-likeness (QED) is 0.692. The van der Waals surface area contributed by atoms with E-state index in [9.17, 15) is 13.2 Å². The minimum atomic E-state index is -4.38. The highest BCUT2D eigenvalue weighted by Crippen LogP contribution is 2.29. The first-order valence-corrected chi connectivity index (χ1v) is 5.27. The van der Waals surface area contributed by atoms with Gasteiger partial charge in [0.1, 0.15) is 11.5 Å². The van der Waals surface area contributed by atoms with E-state index in [1.807, 2.05) is 0 Å². The van der Waals surface area contributed by atoms with Gasteiger partial charge in [-0.1, -0.05) is 11.6 Å². The lowest BCUT2D eigenvalue weighted by Gasteiger charge is -2.13. The number of alkyl halides is 3. The van der Waals surface area contributed by atoms with E-state index in [4.69, 9.17) is 16.3 Å². The largest absolute Gasteiger partial charge is 0.462 e. The molecule has 0 aromatic heterocycles.